The van der Waals surface area contributed by atoms with Gasteiger partial charge in [0.1, 0.15) is 10.8 Å². The molecule has 0 saturated carbocycles. The van der Waals surface area contributed by atoms with Crippen molar-refractivity contribution in [1.29, 1.82) is 0 Å². The molecular weight excluding hydrogens is 390 g/mol. The number of hydrogen-bond acceptors (Lipinski definition) is 5. The Morgan fingerprint density at radius 2 is 2.09 bits per heavy atom. The smallest absolute Gasteiger partial charge is 0.326 e. The number of rotatable bonds is 5. The van der Waals surface area contributed by atoms with Crippen molar-refractivity contribution in [3.63, 3.8) is 0 Å². The summed E-state index contributed by atoms with van der Waals surface area (Å²) in [5, 5.41) is 1.68. The monoisotopic (exact) mass is 403 g/mol. The highest BCUT2D eigenvalue weighted by Crippen LogP contribution is 2.29. The van der Waals surface area contributed by atoms with Crippen LogP contribution in [0, 0.1) is 6.92 Å². The van der Waals surface area contributed by atoms with Gasteiger partial charge in [0.25, 0.3) is 10.0 Å². The lowest BCUT2D eigenvalue weighted by molar-refractivity contribution is -0.138. The fraction of sp³-hybridized carbons (Fsp3) is 0.214. The maximum atomic E-state index is 12.8. The van der Waals surface area contributed by atoms with Crippen LogP contribution < -0.4 is 4.31 Å². The first-order chi connectivity index (χ1) is 10.4. The van der Waals surface area contributed by atoms with E-state index in [0.29, 0.717) is 5.69 Å². The average molecular weight is 404 g/mol. The molecule has 0 bridgehead atoms. The fourth-order valence-electron chi connectivity index (χ4n) is 1.80. The van der Waals surface area contributed by atoms with Crippen LogP contribution in [0.15, 0.2) is 44.4 Å². The predicted octanol–water partition coefficient (Wildman–Crippen LogP) is 3.19. The molecule has 0 aliphatic rings. The van der Waals surface area contributed by atoms with Crippen molar-refractivity contribution in [2.24, 2.45) is 0 Å². The number of benzene rings is 1. The van der Waals surface area contributed by atoms with Gasteiger partial charge in [0, 0.05) is 4.47 Å². The van der Waals surface area contributed by atoms with E-state index in [2.05, 4.69) is 20.7 Å². The third-order valence-electron chi connectivity index (χ3n) is 2.97. The van der Waals surface area contributed by atoms with E-state index in [4.69, 9.17) is 0 Å². The Morgan fingerprint density at radius 3 is 2.64 bits per heavy atom. The van der Waals surface area contributed by atoms with Gasteiger partial charge < -0.3 is 4.74 Å². The van der Waals surface area contributed by atoms with Crippen LogP contribution in [0.2, 0.25) is 0 Å². The fourth-order valence-corrected chi connectivity index (χ4v) is 4.55. The largest absolute Gasteiger partial charge is 0.468 e. The zero-order chi connectivity index (χ0) is 16.3. The third kappa shape index (κ3) is 3.50. The number of anilines is 1. The number of aryl methyl sites for hydroxylation is 1. The molecule has 5 nitrogen and oxygen atoms in total. The number of hydrogen-bond donors (Lipinski definition) is 0. The molecule has 0 atom stereocenters. The van der Waals surface area contributed by atoms with Crippen LogP contribution in [0.4, 0.5) is 5.69 Å². The minimum atomic E-state index is -3.81. The van der Waals surface area contributed by atoms with E-state index >= 15 is 0 Å². The van der Waals surface area contributed by atoms with Gasteiger partial charge in [0.2, 0.25) is 0 Å². The first-order valence-corrected chi connectivity index (χ1v) is 9.36. The summed E-state index contributed by atoms with van der Waals surface area (Å²) in [5.41, 5.74) is 1.29. The lowest BCUT2D eigenvalue weighted by atomic mass is 10.2. The predicted molar refractivity (Wildman–Crippen MR) is 89.7 cm³/mol. The summed E-state index contributed by atoms with van der Waals surface area (Å²) in [6.07, 6.45) is 0. The number of esters is 1. The summed E-state index contributed by atoms with van der Waals surface area (Å²) in [4.78, 5) is 11.6. The zero-order valence-electron chi connectivity index (χ0n) is 11.9. The van der Waals surface area contributed by atoms with Crippen LogP contribution >= 0.6 is 27.3 Å². The molecule has 0 aliphatic heterocycles. The van der Waals surface area contributed by atoms with Crippen molar-refractivity contribution in [3.05, 3.63) is 45.7 Å². The Hall–Kier alpha value is -1.38. The van der Waals surface area contributed by atoms with E-state index in [1.165, 1.54) is 13.2 Å². The summed E-state index contributed by atoms with van der Waals surface area (Å²) in [6.45, 7) is 1.47. The number of halogens is 1. The van der Waals surface area contributed by atoms with Gasteiger partial charge in [0.05, 0.1) is 12.8 Å². The molecule has 1 heterocycles. The number of thiophene rings is 1. The summed E-state index contributed by atoms with van der Waals surface area (Å²) >= 11 is 4.48. The van der Waals surface area contributed by atoms with E-state index in [-0.39, 0.29) is 10.8 Å². The van der Waals surface area contributed by atoms with Gasteiger partial charge in [-0.1, -0.05) is 22.0 Å². The average Bonchev–Trinajstić information content (AvgIpc) is 3.02. The molecule has 2 rings (SSSR count). The quantitative estimate of drug-likeness (QED) is 0.719. The molecule has 2 aromatic rings. The SMILES string of the molecule is COC(=O)CN(c1ccc(Br)c(C)c1)S(=O)(=O)c1cccs1. The van der Waals surface area contributed by atoms with E-state index in [9.17, 15) is 13.2 Å². The molecule has 0 radical (unpaired) electrons. The summed E-state index contributed by atoms with van der Waals surface area (Å²) in [6, 6.07) is 8.26. The van der Waals surface area contributed by atoms with Crippen LogP contribution in [0.25, 0.3) is 0 Å². The molecule has 0 fully saturated rings. The van der Waals surface area contributed by atoms with Gasteiger partial charge in [-0.2, -0.15) is 0 Å². The molecule has 0 N–H and O–H groups in total. The van der Waals surface area contributed by atoms with Crippen LogP contribution in [0.3, 0.4) is 0 Å². The van der Waals surface area contributed by atoms with Crippen molar-refractivity contribution in [2.45, 2.75) is 11.1 Å². The maximum absolute atomic E-state index is 12.8. The van der Waals surface area contributed by atoms with Gasteiger partial charge >= 0.3 is 5.97 Å². The Balaban J connectivity index is 2.51. The molecule has 1 aromatic carbocycles. The van der Waals surface area contributed by atoms with Crippen LogP contribution in [-0.2, 0) is 19.6 Å². The van der Waals surface area contributed by atoms with Gasteiger partial charge in [-0.25, -0.2) is 8.42 Å². The van der Waals surface area contributed by atoms with Crippen LogP contribution in [0.1, 0.15) is 5.56 Å². The Labute approximate surface area is 141 Å². The summed E-state index contributed by atoms with van der Waals surface area (Å²) in [7, 11) is -2.58. The number of sulfonamides is 1. The molecule has 118 valence electrons. The molecule has 0 unspecified atom stereocenters. The molecular formula is C14H14BrNO4S2. The van der Waals surface area contributed by atoms with Crippen molar-refractivity contribution in [1.82, 2.24) is 0 Å². The van der Waals surface area contributed by atoms with Crippen molar-refractivity contribution >= 4 is 48.9 Å². The topological polar surface area (TPSA) is 63.7 Å². The van der Waals surface area contributed by atoms with E-state index in [1.807, 2.05) is 6.92 Å². The minimum absolute atomic E-state index is 0.178. The Bertz CT molecular complexity index is 772. The molecule has 8 heteroatoms. The third-order valence-corrected chi connectivity index (χ3v) is 7.01. The van der Waals surface area contributed by atoms with Crippen molar-refractivity contribution < 1.29 is 17.9 Å². The van der Waals surface area contributed by atoms with E-state index in [1.54, 1.807) is 29.6 Å². The first kappa shape index (κ1) is 17.0. The lowest BCUT2D eigenvalue weighted by Gasteiger charge is -2.23. The molecule has 0 amide bonds. The maximum Gasteiger partial charge on any atom is 0.326 e. The lowest BCUT2D eigenvalue weighted by Crippen LogP contribution is -2.36. The molecule has 1 aromatic heterocycles. The second-order valence-corrected chi connectivity index (χ2v) is 8.34. The standard InChI is InChI=1S/C14H14BrNO4S2/c1-10-8-11(5-6-12(10)15)16(9-13(17)20-2)22(18,19)14-4-3-7-21-14/h3-8H,9H2,1-2H3. The van der Waals surface area contributed by atoms with Gasteiger partial charge in [-0.3, -0.25) is 9.10 Å². The molecule has 0 spiro atoms. The van der Waals surface area contributed by atoms with Crippen LogP contribution in [0.5, 0.6) is 0 Å². The Kier molecular flexibility index (Phi) is 5.25. The first-order valence-electron chi connectivity index (χ1n) is 6.25. The van der Waals surface area contributed by atoms with Gasteiger partial charge in [-0.15, -0.1) is 11.3 Å². The van der Waals surface area contributed by atoms with Gasteiger partial charge in [-0.05, 0) is 42.1 Å². The minimum Gasteiger partial charge on any atom is -0.468 e. The molecule has 0 aliphatic carbocycles. The number of ether oxygens (including phenoxy) is 1. The van der Waals surface area contributed by atoms with Crippen molar-refractivity contribution in [2.75, 3.05) is 18.0 Å². The van der Waals surface area contributed by atoms with E-state index in [0.717, 1.165) is 25.7 Å². The number of carbonyl (C=O) groups is 1. The second kappa shape index (κ2) is 6.80. The van der Waals surface area contributed by atoms with E-state index < -0.39 is 16.0 Å². The zero-order valence-corrected chi connectivity index (χ0v) is 15.2. The number of carbonyl (C=O) groups excluding carboxylic acids is 1. The summed E-state index contributed by atoms with van der Waals surface area (Å²) in [5.74, 6) is -0.624. The Morgan fingerprint density at radius 1 is 1.36 bits per heavy atom. The second-order valence-electron chi connectivity index (χ2n) is 4.45. The highest BCUT2D eigenvalue weighted by atomic mass is 79.9. The number of methoxy groups -OCH3 is 1. The molecule has 0 saturated heterocycles. The van der Waals surface area contributed by atoms with Crippen LogP contribution in [-0.4, -0.2) is 28.0 Å². The summed E-state index contributed by atoms with van der Waals surface area (Å²) < 4.78 is 32.2. The highest BCUT2D eigenvalue weighted by molar-refractivity contribution is 9.10. The van der Waals surface area contributed by atoms with Crippen molar-refractivity contribution in [3.8, 4) is 0 Å². The van der Waals surface area contributed by atoms with Gasteiger partial charge in [0.15, 0.2) is 0 Å². The normalized spacial score (nSPS) is 11.2. The number of nitrogens with zero attached hydrogens (tertiary/aromatic N) is 1. The highest BCUT2D eigenvalue weighted by Gasteiger charge is 2.28. The molecule has 22 heavy (non-hydrogen) atoms.